The first-order valence-corrected chi connectivity index (χ1v) is 12.4. The number of nitrogens with zero attached hydrogens (tertiary/aromatic N) is 4. The number of aromatic nitrogens is 2. The minimum atomic E-state index is 0.0478. The summed E-state index contributed by atoms with van der Waals surface area (Å²) in [5.74, 6) is 0.785. The number of ether oxygens (including phenoxy) is 1. The second-order valence-electron chi connectivity index (χ2n) is 7.99. The zero-order chi connectivity index (χ0) is 22.8. The molecular formula is C23H23Cl2N5O2S. The zero-order valence-electron chi connectivity index (χ0n) is 17.9. The van der Waals surface area contributed by atoms with Crippen molar-refractivity contribution in [2.75, 3.05) is 44.7 Å². The van der Waals surface area contributed by atoms with Gasteiger partial charge >= 0.3 is 0 Å². The molecule has 172 valence electrons. The van der Waals surface area contributed by atoms with Crippen molar-refractivity contribution in [1.82, 2.24) is 19.8 Å². The standard InChI is InChI=1S/C23H23Cl2N5O2S/c24-17-4-3-15(12-18(17)25)28-22-21-16-5-7-30(13-19(16)33-23(21)27-14-26-22)20(31)2-1-6-29-8-10-32-11-9-29/h1-4,12,14H,5-11,13H2,(H,26,27,28)/b2-1+. The van der Waals surface area contributed by atoms with Crippen molar-refractivity contribution in [2.24, 2.45) is 0 Å². The second kappa shape index (κ2) is 9.95. The van der Waals surface area contributed by atoms with E-state index in [-0.39, 0.29) is 5.91 Å². The van der Waals surface area contributed by atoms with Crippen molar-refractivity contribution >= 4 is 62.2 Å². The highest BCUT2D eigenvalue weighted by atomic mass is 35.5. The largest absolute Gasteiger partial charge is 0.379 e. The van der Waals surface area contributed by atoms with Gasteiger partial charge in [-0.2, -0.15) is 0 Å². The molecule has 5 rings (SSSR count). The molecular weight excluding hydrogens is 481 g/mol. The lowest BCUT2D eigenvalue weighted by Gasteiger charge is -2.27. The van der Waals surface area contributed by atoms with Gasteiger partial charge in [-0.05, 0) is 30.2 Å². The number of nitrogens with one attached hydrogen (secondary N) is 1. The Hall–Kier alpha value is -2.23. The number of halogens is 2. The summed E-state index contributed by atoms with van der Waals surface area (Å²) < 4.78 is 5.37. The molecule has 0 radical (unpaired) electrons. The van der Waals surface area contributed by atoms with Gasteiger partial charge in [0.15, 0.2) is 0 Å². The van der Waals surface area contributed by atoms with Gasteiger partial charge in [-0.15, -0.1) is 11.3 Å². The number of benzene rings is 1. The Kier molecular flexibility index (Phi) is 6.80. The molecule has 2 aliphatic rings. The quantitative estimate of drug-likeness (QED) is 0.516. The fourth-order valence-corrected chi connectivity index (χ4v) is 5.61. The third-order valence-corrected chi connectivity index (χ3v) is 7.72. The third kappa shape index (κ3) is 5.00. The Morgan fingerprint density at radius 1 is 1.18 bits per heavy atom. The van der Waals surface area contributed by atoms with Crippen LogP contribution in [0.15, 0.2) is 36.7 Å². The molecule has 3 aromatic rings. The molecule has 1 saturated heterocycles. The van der Waals surface area contributed by atoms with Crippen LogP contribution >= 0.6 is 34.5 Å². The second-order valence-corrected chi connectivity index (χ2v) is 9.88. The summed E-state index contributed by atoms with van der Waals surface area (Å²) in [6.07, 6.45) is 5.98. The molecule has 1 amide bonds. The van der Waals surface area contributed by atoms with Crippen molar-refractivity contribution < 1.29 is 9.53 Å². The molecule has 33 heavy (non-hydrogen) atoms. The molecule has 2 aromatic heterocycles. The fourth-order valence-electron chi connectivity index (χ4n) is 4.11. The van der Waals surface area contributed by atoms with Crippen LogP contribution in [0.1, 0.15) is 10.4 Å². The van der Waals surface area contributed by atoms with Gasteiger partial charge in [-0.1, -0.05) is 29.3 Å². The highest BCUT2D eigenvalue weighted by Gasteiger charge is 2.25. The van der Waals surface area contributed by atoms with Crippen LogP contribution in [-0.2, 0) is 22.5 Å². The van der Waals surface area contributed by atoms with Crippen LogP contribution in [-0.4, -0.2) is 65.1 Å². The van der Waals surface area contributed by atoms with Gasteiger partial charge in [0.2, 0.25) is 5.91 Å². The molecule has 0 aliphatic carbocycles. The first kappa shape index (κ1) is 22.6. The normalized spacial score (nSPS) is 17.0. The molecule has 1 fully saturated rings. The van der Waals surface area contributed by atoms with Gasteiger partial charge < -0.3 is 15.0 Å². The first-order valence-electron chi connectivity index (χ1n) is 10.8. The van der Waals surface area contributed by atoms with Crippen LogP contribution in [0, 0.1) is 0 Å². The molecule has 7 nitrogen and oxygen atoms in total. The van der Waals surface area contributed by atoms with E-state index in [9.17, 15) is 4.79 Å². The topological polar surface area (TPSA) is 70.6 Å². The summed E-state index contributed by atoms with van der Waals surface area (Å²) in [7, 11) is 0. The molecule has 10 heteroatoms. The third-order valence-electron chi connectivity index (χ3n) is 5.86. The maximum Gasteiger partial charge on any atom is 0.246 e. The van der Waals surface area contributed by atoms with E-state index in [2.05, 4.69) is 20.2 Å². The number of rotatable bonds is 5. The summed E-state index contributed by atoms with van der Waals surface area (Å²) >= 11 is 13.8. The van der Waals surface area contributed by atoms with E-state index in [0.29, 0.717) is 23.1 Å². The number of morpholine rings is 1. The molecule has 0 bridgehead atoms. The summed E-state index contributed by atoms with van der Waals surface area (Å²) in [5, 5.41) is 5.35. The van der Waals surface area contributed by atoms with E-state index < -0.39 is 0 Å². The van der Waals surface area contributed by atoms with Gasteiger partial charge in [0, 0.05) is 42.8 Å². The van der Waals surface area contributed by atoms with Crippen molar-refractivity contribution in [2.45, 2.75) is 13.0 Å². The molecule has 2 aliphatic heterocycles. The number of hydrogen-bond donors (Lipinski definition) is 1. The highest BCUT2D eigenvalue weighted by Crippen LogP contribution is 2.38. The molecule has 0 atom stereocenters. The number of hydrogen-bond acceptors (Lipinski definition) is 7. The van der Waals surface area contributed by atoms with Crippen molar-refractivity contribution in [3.05, 3.63) is 57.2 Å². The van der Waals surface area contributed by atoms with Gasteiger partial charge in [0.25, 0.3) is 0 Å². The van der Waals surface area contributed by atoms with E-state index in [1.165, 1.54) is 5.56 Å². The van der Waals surface area contributed by atoms with Crippen LogP contribution in [0.2, 0.25) is 10.0 Å². The Morgan fingerprint density at radius 2 is 2.03 bits per heavy atom. The summed E-state index contributed by atoms with van der Waals surface area (Å²) in [5.41, 5.74) is 2.02. The van der Waals surface area contributed by atoms with Crippen LogP contribution in [0.25, 0.3) is 10.2 Å². The SMILES string of the molecule is O=C(/C=C/CN1CCOCC1)N1CCc2c(sc3ncnc(Nc4ccc(Cl)c(Cl)c4)c23)C1. The van der Waals surface area contributed by atoms with Crippen LogP contribution in [0.4, 0.5) is 11.5 Å². The van der Waals surface area contributed by atoms with E-state index in [1.807, 2.05) is 17.0 Å². The fraction of sp³-hybridized carbons (Fsp3) is 0.348. The first-order chi connectivity index (χ1) is 16.1. The average Bonchev–Trinajstić information content (AvgIpc) is 3.21. The van der Waals surface area contributed by atoms with E-state index in [4.69, 9.17) is 27.9 Å². The smallest absolute Gasteiger partial charge is 0.246 e. The van der Waals surface area contributed by atoms with Crippen LogP contribution in [0.3, 0.4) is 0 Å². The average molecular weight is 504 g/mol. The summed E-state index contributed by atoms with van der Waals surface area (Å²) in [4.78, 5) is 28.0. The van der Waals surface area contributed by atoms with E-state index >= 15 is 0 Å². The van der Waals surface area contributed by atoms with E-state index in [1.54, 1.807) is 35.9 Å². The number of amides is 1. The van der Waals surface area contributed by atoms with Gasteiger partial charge in [-0.25, -0.2) is 9.97 Å². The number of anilines is 2. The Morgan fingerprint density at radius 3 is 2.85 bits per heavy atom. The molecule has 1 aromatic carbocycles. The summed E-state index contributed by atoms with van der Waals surface area (Å²) in [6, 6.07) is 5.40. The van der Waals surface area contributed by atoms with Crippen molar-refractivity contribution in [3.8, 4) is 0 Å². The predicted molar refractivity (Wildman–Crippen MR) is 133 cm³/mol. The molecule has 0 spiro atoms. The Labute approximate surface area is 206 Å². The number of carbonyl (C=O) groups excluding carboxylic acids is 1. The Balaban J connectivity index is 1.31. The van der Waals surface area contributed by atoms with Crippen molar-refractivity contribution in [3.63, 3.8) is 0 Å². The summed E-state index contributed by atoms with van der Waals surface area (Å²) in [6.45, 7) is 5.36. The molecule has 0 saturated carbocycles. The number of fused-ring (bicyclic) bond motifs is 3. The van der Waals surface area contributed by atoms with Crippen molar-refractivity contribution in [1.29, 1.82) is 0 Å². The Bertz CT molecular complexity index is 1210. The lowest BCUT2D eigenvalue weighted by molar-refractivity contribution is -0.126. The number of carbonyl (C=O) groups is 1. The molecule has 1 N–H and O–H groups in total. The van der Waals surface area contributed by atoms with Gasteiger partial charge in [0.1, 0.15) is 17.0 Å². The minimum absolute atomic E-state index is 0.0478. The maximum absolute atomic E-state index is 12.8. The predicted octanol–water partition coefficient (Wildman–Crippen LogP) is 4.51. The maximum atomic E-state index is 12.8. The van der Waals surface area contributed by atoms with Crippen LogP contribution < -0.4 is 5.32 Å². The zero-order valence-corrected chi connectivity index (χ0v) is 20.2. The molecule has 4 heterocycles. The van der Waals surface area contributed by atoms with E-state index in [0.717, 1.165) is 65.9 Å². The van der Waals surface area contributed by atoms with Crippen LogP contribution in [0.5, 0.6) is 0 Å². The van der Waals surface area contributed by atoms with Gasteiger partial charge in [0.05, 0.1) is 35.2 Å². The lowest BCUT2D eigenvalue weighted by atomic mass is 10.0. The monoisotopic (exact) mass is 503 g/mol. The minimum Gasteiger partial charge on any atom is -0.379 e. The molecule has 0 unspecified atom stereocenters. The number of thiophene rings is 1. The highest BCUT2D eigenvalue weighted by molar-refractivity contribution is 7.19. The van der Waals surface area contributed by atoms with Gasteiger partial charge in [-0.3, -0.25) is 9.69 Å². The lowest BCUT2D eigenvalue weighted by Crippen LogP contribution is -2.37.